The number of nitrogens with two attached hydrogens (primary N) is 1. The number of carbonyl (C=O) groups is 2. The first-order valence-electron chi connectivity index (χ1n) is 15.9. The van der Waals surface area contributed by atoms with E-state index < -0.39 is 12.0 Å². The standard InChI is InChI=1S/C25H34N2O5.5C2H6/c1-15-12-20(13-16(2)23(15)29)32-24-17(3)10-19(11-18(24)4)14-21(25(30)31)27-22(28)8-6-5-7-9-26;5*1-2/h10-13,21,29H,5-9,14,26H2,1-4H3,(H,27,28)(H,30,31);5*1-2H3. The van der Waals surface area contributed by atoms with Crippen molar-refractivity contribution in [3.8, 4) is 17.2 Å². The lowest BCUT2D eigenvalue weighted by atomic mass is 9.99. The van der Waals surface area contributed by atoms with Crippen molar-refractivity contribution in [1.29, 1.82) is 0 Å². The maximum absolute atomic E-state index is 12.1. The van der Waals surface area contributed by atoms with Gasteiger partial charge in [-0.1, -0.05) is 87.8 Å². The number of aromatic hydroxyl groups is 1. The topological polar surface area (TPSA) is 122 Å². The monoisotopic (exact) mass is 592 g/mol. The Morgan fingerprint density at radius 2 is 1.21 bits per heavy atom. The maximum atomic E-state index is 12.1. The third-order valence-electron chi connectivity index (χ3n) is 5.39. The summed E-state index contributed by atoms with van der Waals surface area (Å²) in [6.07, 6.45) is 2.87. The first-order valence-corrected chi connectivity index (χ1v) is 15.9. The number of hydrogen-bond donors (Lipinski definition) is 4. The summed E-state index contributed by atoms with van der Waals surface area (Å²) in [4.78, 5) is 23.8. The lowest BCUT2D eigenvalue weighted by Crippen LogP contribution is -2.42. The van der Waals surface area contributed by atoms with Gasteiger partial charge in [-0.2, -0.15) is 0 Å². The van der Waals surface area contributed by atoms with E-state index in [2.05, 4.69) is 5.32 Å². The zero-order chi connectivity index (χ0) is 33.8. The summed E-state index contributed by atoms with van der Waals surface area (Å²) >= 11 is 0. The fraction of sp³-hybridized carbons (Fsp3) is 0.600. The molecule has 0 fully saturated rings. The van der Waals surface area contributed by atoms with Crippen LogP contribution >= 0.6 is 0 Å². The second-order valence-electron chi connectivity index (χ2n) is 8.33. The van der Waals surface area contributed by atoms with E-state index in [4.69, 9.17) is 10.5 Å². The lowest BCUT2D eigenvalue weighted by molar-refractivity contribution is -0.141. The molecule has 2 rings (SSSR count). The molecule has 0 aliphatic carbocycles. The normalized spacial score (nSPS) is 9.69. The summed E-state index contributed by atoms with van der Waals surface area (Å²) < 4.78 is 6.09. The van der Waals surface area contributed by atoms with Gasteiger partial charge in [-0.15, -0.1) is 0 Å². The van der Waals surface area contributed by atoms with Crippen LogP contribution in [0.25, 0.3) is 0 Å². The minimum Gasteiger partial charge on any atom is -0.507 e. The number of phenolic OH excluding ortho intramolecular Hbond substituents is 1. The number of nitrogens with one attached hydrogen (secondary N) is 1. The van der Waals surface area contributed by atoms with E-state index in [1.165, 1.54) is 0 Å². The number of phenols is 1. The van der Waals surface area contributed by atoms with Gasteiger partial charge in [-0.3, -0.25) is 4.79 Å². The highest BCUT2D eigenvalue weighted by molar-refractivity contribution is 5.83. The van der Waals surface area contributed by atoms with Crippen LogP contribution in [0.4, 0.5) is 0 Å². The fourth-order valence-electron chi connectivity index (χ4n) is 3.72. The average molecular weight is 593 g/mol. The van der Waals surface area contributed by atoms with Gasteiger partial charge >= 0.3 is 5.97 Å². The molecule has 0 saturated carbocycles. The summed E-state index contributed by atoms with van der Waals surface area (Å²) in [6.45, 7) is 28.0. The quantitative estimate of drug-likeness (QED) is 0.193. The van der Waals surface area contributed by atoms with Crippen molar-refractivity contribution in [2.45, 2.75) is 135 Å². The molecule has 2 aromatic rings. The summed E-state index contributed by atoms with van der Waals surface area (Å²) in [5.41, 5.74) is 9.44. The van der Waals surface area contributed by atoms with E-state index >= 15 is 0 Å². The number of unbranched alkanes of at least 4 members (excludes halogenated alkanes) is 2. The maximum Gasteiger partial charge on any atom is 0.326 e. The number of aliphatic carboxylic acids is 1. The van der Waals surface area contributed by atoms with Gasteiger partial charge in [0.15, 0.2) is 0 Å². The highest BCUT2D eigenvalue weighted by Gasteiger charge is 2.21. The highest BCUT2D eigenvalue weighted by Crippen LogP contribution is 2.34. The van der Waals surface area contributed by atoms with Crippen LogP contribution in [0.3, 0.4) is 0 Å². The first kappa shape index (κ1) is 45.9. The SMILES string of the molecule is CC.CC.CC.CC.CC.Cc1cc(Oc2c(C)cc(CC(NC(=O)CCCCCN)C(=O)O)cc2C)cc(C)c1O. The molecule has 0 saturated heterocycles. The predicted molar refractivity (Wildman–Crippen MR) is 181 cm³/mol. The van der Waals surface area contributed by atoms with Gasteiger partial charge in [-0.05, 0) is 87.0 Å². The van der Waals surface area contributed by atoms with E-state index in [1.807, 2.05) is 109 Å². The molecule has 244 valence electrons. The van der Waals surface area contributed by atoms with Gasteiger partial charge < -0.3 is 26.0 Å². The van der Waals surface area contributed by atoms with Crippen molar-refractivity contribution >= 4 is 11.9 Å². The largest absolute Gasteiger partial charge is 0.507 e. The van der Waals surface area contributed by atoms with Gasteiger partial charge in [0.2, 0.25) is 5.91 Å². The summed E-state index contributed by atoms with van der Waals surface area (Å²) in [5.74, 6) is 0.241. The number of rotatable bonds is 11. The number of aryl methyl sites for hydroxylation is 4. The average Bonchev–Trinajstić information content (AvgIpc) is 3.00. The van der Waals surface area contributed by atoms with Crippen molar-refractivity contribution in [3.05, 3.63) is 52.1 Å². The van der Waals surface area contributed by atoms with Gasteiger partial charge in [0.05, 0.1) is 0 Å². The zero-order valence-electron chi connectivity index (χ0n) is 29.3. The number of ether oxygens (including phenoxy) is 1. The molecule has 1 amide bonds. The Morgan fingerprint density at radius 1 is 0.762 bits per heavy atom. The molecule has 1 atom stereocenters. The van der Waals surface area contributed by atoms with Gasteiger partial charge in [0.1, 0.15) is 23.3 Å². The van der Waals surface area contributed by atoms with Crippen molar-refractivity contribution < 1.29 is 24.5 Å². The Labute approximate surface area is 258 Å². The first-order chi connectivity index (χ1) is 20.1. The van der Waals surface area contributed by atoms with Crippen molar-refractivity contribution in [2.24, 2.45) is 5.73 Å². The van der Waals surface area contributed by atoms with E-state index in [-0.39, 0.29) is 18.1 Å². The molecular weight excluding hydrogens is 528 g/mol. The Balaban J connectivity index is -0.000000651. The fourth-order valence-corrected chi connectivity index (χ4v) is 3.72. The summed E-state index contributed by atoms with van der Waals surface area (Å²) in [6, 6.07) is 6.32. The molecule has 7 heteroatoms. The summed E-state index contributed by atoms with van der Waals surface area (Å²) in [5, 5.41) is 22.2. The molecule has 0 aliphatic rings. The third kappa shape index (κ3) is 18.4. The van der Waals surface area contributed by atoms with Crippen molar-refractivity contribution in [2.75, 3.05) is 6.54 Å². The molecule has 0 aromatic heterocycles. The number of hydrogen-bond acceptors (Lipinski definition) is 5. The van der Waals surface area contributed by atoms with E-state index in [1.54, 1.807) is 12.1 Å². The van der Waals surface area contributed by atoms with Gasteiger partial charge in [0.25, 0.3) is 0 Å². The Kier molecular flexibility index (Phi) is 32.2. The lowest BCUT2D eigenvalue weighted by Gasteiger charge is -2.18. The Hall–Kier alpha value is -3.06. The minimum absolute atomic E-state index is 0.184. The van der Waals surface area contributed by atoms with Crippen LogP contribution in [0.15, 0.2) is 24.3 Å². The molecule has 0 radical (unpaired) electrons. The zero-order valence-corrected chi connectivity index (χ0v) is 29.3. The number of carboxylic acid groups (broad SMARTS) is 1. The predicted octanol–water partition coefficient (Wildman–Crippen LogP) is 9.18. The van der Waals surface area contributed by atoms with Gasteiger partial charge in [0, 0.05) is 12.8 Å². The van der Waals surface area contributed by atoms with Crippen LogP contribution < -0.4 is 15.8 Å². The highest BCUT2D eigenvalue weighted by atomic mass is 16.5. The third-order valence-corrected chi connectivity index (χ3v) is 5.39. The molecule has 7 nitrogen and oxygen atoms in total. The van der Waals surface area contributed by atoms with Crippen LogP contribution in [-0.2, 0) is 16.0 Å². The van der Waals surface area contributed by atoms with Crippen molar-refractivity contribution in [3.63, 3.8) is 0 Å². The van der Waals surface area contributed by atoms with Crippen LogP contribution in [0.5, 0.6) is 17.2 Å². The molecule has 2 aromatic carbocycles. The smallest absolute Gasteiger partial charge is 0.326 e. The van der Waals surface area contributed by atoms with Crippen LogP contribution in [0, 0.1) is 27.7 Å². The van der Waals surface area contributed by atoms with Crippen LogP contribution in [0.1, 0.15) is 123 Å². The van der Waals surface area contributed by atoms with E-state index in [0.29, 0.717) is 30.9 Å². The molecule has 0 spiro atoms. The van der Waals surface area contributed by atoms with Crippen LogP contribution in [0.2, 0.25) is 0 Å². The second kappa shape index (κ2) is 29.4. The van der Waals surface area contributed by atoms with E-state index in [9.17, 15) is 19.8 Å². The minimum atomic E-state index is -1.06. The van der Waals surface area contributed by atoms with Gasteiger partial charge in [-0.25, -0.2) is 4.79 Å². The number of amides is 1. The Bertz CT molecular complexity index is 928. The van der Waals surface area contributed by atoms with E-state index in [0.717, 1.165) is 40.7 Å². The molecule has 0 bridgehead atoms. The molecule has 42 heavy (non-hydrogen) atoms. The number of carbonyl (C=O) groups excluding carboxylic acids is 1. The molecular formula is C35H64N2O5. The van der Waals surface area contributed by atoms with Crippen LogP contribution in [-0.4, -0.2) is 34.7 Å². The Morgan fingerprint density at radius 3 is 1.62 bits per heavy atom. The van der Waals surface area contributed by atoms with Crippen molar-refractivity contribution in [1.82, 2.24) is 5.32 Å². The molecule has 0 heterocycles. The number of carboxylic acids is 1. The number of benzene rings is 2. The second-order valence-corrected chi connectivity index (χ2v) is 8.33. The molecule has 0 aliphatic heterocycles. The molecule has 5 N–H and O–H groups in total. The molecule has 1 unspecified atom stereocenters. The summed E-state index contributed by atoms with van der Waals surface area (Å²) in [7, 11) is 0.